The average Bonchev–Trinajstić information content (AvgIpc) is 2.08. The van der Waals surface area contributed by atoms with E-state index in [2.05, 4.69) is 4.72 Å². The molecule has 0 amide bonds. The van der Waals surface area contributed by atoms with Gasteiger partial charge in [-0.3, -0.25) is 0 Å². The fourth-order valence-electron chi connectivity index (χ4n) is 1.27. The van der Waals surface area contributed by atoms with E-state index in [1.165, 1.54) is 0 Å². The number of hydrogen-bond acceptors (Lipinski definition) is 5. The minimum atomic E-state index is -3.80. The molecule has 0 aliphatic rings. The number of rotatable bonds is 8. The van der Waals surface area contributed by atoms with Crippen LogP contribution in [-0.4, -0.2) is 46.4 Å². The summed E-state index contributed by atoms with van der Waals surface area (Å²) in [5.41, 5.74) is -0.312. The Morgan fingerprint density at radius 1 is 1.18 bits per heavy atom. The SMILES string of the molecule is CC(C)(CCCO)CNS(=O)(=O)CS(C)(=O)=O. The molecule has 2 N–H and O–H groups in total. The first-order valence-electron chi connectivity index (χ1n) is 5.23. The van der Waals surface area contributed by atoms with E-state index in [1.54, 1.807) is 0 Å². The third kappa shape index (κ3) is 9.51. The smallest absolute Gasteiger partial charge is 0.226 e. The van der Waals surface area contributed by atoms with Crippen molar-refractivity contribution in [3.63, 3.8) is 0 Å². The van der Waals surface area contributed by atoms with Crippen molar-refractivity contribution in [1.29, 1.82) is 0 Å². The largest absolute Gasteiger partial charge is 0.396 e. The fraction of sp³-hybridized carbons (Fsp3) is 1.00. The van der Waals surface area contributed by atoms with Crippen LogP contribution in [0.5, 0.6) is 0 Å². The highest BCUT2D eigenvalue weighted by atomic mass is 32.3. The number of nitrogens with one attached hydrogen (secondary N) is 1. The van der Waals surface area contributed by atoms with Gasteiger partial charge in [0, 0.05) is 19.4 Å². The maximum atomic E-state index is 11.4. The van der Waals surface area contributed by atoms with Gasteiger partial charge in [0.15, 0.2) is 14.9 Å². The first-order valence-corrected chi connectivity index (χ1v) is 8.95. The van der Waals surface area contributed by atoms with Crippen LogP contribution in [0.2, 0.25) is 0 Å². The molecule has 6 nitrogen and oxygen atoms in total. The Morgan fingerprint density at radius 2 is 1.71 bits per heavy atom. The number of hydrogen-bond donors (Lipinski definition) is 2. The van der Waals surface area contributed by atoms with E-state index in [9.17, 15) is 16.8 Å². The molecule has 0 aromatic heterocycles. The van der Waals surface area contributed by atoms with Crippen molar-refractivity contribution < 1.29 is 21.9 Å². The predicted octanol–water partition coefficient (Wildman–Crippen LogP) is -0.293. The van der Waals surface area contributed by atoms with Crippen molar-refractivity contribution in [2.24, 2.45) is 5.41 Å². The second kappa shape index (κ2) is 6.12. The van der Waals surface area contributed by atoms with Crippen LogP contribution in [0.4, 0.5) is 0 Å². The van der Waals surface area contributed by atoms with Crippen molar-refractivity contribution in [3.8, 4) is 0 Å². The van der Waals surface area contributed by atoms with Gasteiger partial charge in [-0.15, -0.1) is 0 Å². The van der Waals surface area contributed by atoms with Gasteiger partial charge in [-0.2, -0.15) is 0 Å². The quantitative estimate of drug-likeness (QED) is 0.639. The molecule has 0 fully saturated rings. The van der Waals surface area contributed by atoms with Crippen LogP contribution in [0.25, 0.3) is 0 Å². The average molecular weight is 287 g/mol. The molecule has 0 saturated heterocycles. The van der Waals surface area contributed by atoms with Crippen LogP contribution in [0, 0.1) is 5.41 Å². The minimum absolute atomic E-state index is 0.0551. The van der Waals surface area contributed by atoms with E-state index >= 15 is 0 Å². The summed E-state index contributed by atoms with van der Waals surface area (Å²) in [4.78, 5) is 0. The molecule has 0 heterocycles. The molecule has 0 bridgehead atoms. The normalized spacial score (nSPS) is 13.9. The van der Waals surface area contributed by atoms with Crippen LogP contribution in [0.1, 0.15) is 26.7 Å². The van der Waals surface area contributed by atoms with Gasteiger partial charge >= 0.3 is 0 Å². The van der Waals surface area contributed by atoms with E-state index < -0.39 is 24.9 Å². The molecule has 0 aliphatic carbocycles. The number of sulfonamides is 1. The van der Waals surface area contributed by atoms with Gasteiger partial charge in [-0.1, -0.05) is 13.8 Å². The monoisotopic (exact) mass is 287 g/mol. The maximum absolute atomic E-state index is 11.4. The van der Waals surface area contributed by atoms with Crippen molar-refractivity contribution >= 4 is 19.9 Å². The second-order valence-corrected chi connectivity index (χ2v) is 9.28. The number of aliphatic hydroxyl groups excluding tert-OH is 1. The summed E-state index contributed by atoms with van der Waals surface area (Å²) < 4.78 is 46.9. The first kappa shape index (κ1) is 16.8. The first-order chi connectivity index (χ1) is 7.47. The van der Waals surface area contributed by atoms with Gasteiger partial charge in [-0.05, 0) is 18.3 Å². The maximum Gasteiger partial charge on any atom is 0.226 e. The predicted molar refractivity (Wildman–Crippen MR) is 66.7 cm³/mol. The molecule has 0 spiro atoms. The lowest BCUT2D eigenvalue weighted by atomic mass is 9.88. The Morgan fingerprint density at radius 3 is 2.12 bits per heavy atom. The molecule has 8 heteroatoms. The van der Waals surface area contributed by atoms with E-state index in [-0.39, 0.29) is 18.6 Å². The van der Waals surface area contributed by atoms with Gasteiger partial charge in [0.1, 0.15) is 0 Å². The van der Waals surface area contributed by atoms with Gasteiger partial charge in [-0.25, -0.2) is 21.6 Å². The Kier molecular flexibility index (Phi) is 6.06. The van der Waals surface area contributed by atoms with E-state index in [0.29, 0.717) is 12.8 Å². The summed E-state index contributed by atoms with van der Waals surface area (Å²) in [5, 5.41) is 7.80. The molecule has 0 atom stereocenters. The van der Waals surface area contributed by atoms with Crippen molar-refractivity contribution in [2.45, 2.75) is 26.7 Å². The van der Waals surface area contributed by atoms with Gasteiger partial charge in [0.2, 0.25) is 10.0 Å². The molecule has 0 radical (unpaired) electrons. The Labute approximate surface area is 103 Å². The Hall–Kier alpha value is -0.180. The van der Waals surface area contributed by atoms with Crippen molar-refractivity contribution in [2.75, 3.05) is 24.5 Å². The van der Waals surface area contributed by atoms with Crippen LogP contribution in [0.3, 0.4) is 0 Å². The molecule has 17 heavy (non-hydrogen) atoms. The third-order valence-electron chi connectivity index (χ3n) is 2.15. The Balaban J connectivity index is 4.36. The highest BCUT2D eigenvalue weighted by Gasteiger charge is 2.23. The van der Waals surface area contributed by atoms with Crippen LogP contribution in [-0.2, 0) is 19.9 Å². The summed E-state index contributed by atoms with van der Waals surface area (Å²) in [7, 11) is -7.35. The molecule has 0 aromatic carbocycles. The van der Waals surface area contributed by atoms with E-state index in [1.807, 2.05) is 13.8 Å². The van der Waals surface area contributed by atoms with Crippen LogP contribution in [0.15, 0.2) is 0 Å². The molecular formula is C9H21NO5S2. The summed E-state index contributed by atoms with van der Waals surface area (Å²) >= 11 is 0. The van der Waals surface area contributed by atoms with E-state index in [0.717, 1.165) is 6.26 Å². The lowest BCUT2D eigenvalue weighted by Gasteiger charge is -2.24. The highest BCUT2D eigenvalue weighted by molar-refractivity contribution is 8.06. The molecule has 0 aromatic rings. The zero-order valence-electron chi connectivity index (χ0n) is 10.4. The third-order valence-corrected chi connectivity index (χ3v) is 5.69. The summed E-state index contributed by atoms with van der Waals surface area (Å²) in [6.45, 7) is 3.92. The highest BCUT2D eigenvalue weighted by Crippen LogP contribution is 2.21. The summed E-state index contributed by atoms with van der Waals surface area (Å²) in [6.07, 6.45) is 2.12. The van der Waals surface area contributed by atoms with Gasteiger partial charge in [0.05, 0.1) is 0 Å². The zero-order valence-corrected chi connectivity index (χ0v) is 12.1. The fourth-order valence-corrected chi connectivity index (χ4v) is 4.47. The lowest BCUT2D eigenvalue weighted by Crippen LogP contribution is -2.37. The Bertz CT molecular complexity index is 424. The lowest BCUT2D eigenvalue weighted by molar-refractivity contribution is 0.242. The van der Waals surface area contributed by atoms with Crippen LogP contribution < -0.4 is 4.72 Å². The molecule has 0 rings (SSSR count). The van der Waals surface area contributed by atoms with E-state index in [4.69, 9.17) is 5.11 Å². The minimum Gasteiger partial charge on any atom is -0.396 e. The standard InChI is InChI=1S/C9H21NO5S2/c1-9(2,5-4-6-11)7-10-17(14,15)8-16(3,12)13/h10-11H,4-8H2,1-3H3. The topological polar surface area (TPSA) is 101 Å². The van der Waals surface area contributed by atoms with Crippen LogP contribution >= 0.6 is 0 Å². The van der Waals surface area contributed by atoms with Gasteiger partial charge < -0.3 is 5.11 Å². The van der Waals surface area contributed by atoms with Crippen molar-refractivity contribution in [3.05, 3.63) is 0 Å². The zero-order chi connectivity index (χ0) is 13.7. The number of aliphatic hydroxyl groups is 1. The van der Waals surface area contributed by atoms with Gasteiger partial charge in [0.25, 0.3) is 0 Å². The molecule has 0 unspecified atom stereocenters. The molecule has 0 saturated carbocycles. The molecule has 0 aliphatic heterocycles. The second-order valence-electron chi connectivity index (χ2n) is 4.97. The molecule has 104 valence electrons. The van der Waals surface area contributed by atoms with Crippen molar-refractivity contribution in [1.82, 2.24) is 4.72 Å². The summed E-state index contributed by atoms with van der Waals surface area (Å²) in [5.74, 6) is 0. The summed E-state index contributed by atoms with van der Waals surface area (Å²) in [6, 6.07) is 0. The molecular weight excluding hydrogens is 266 g/mol. The number of sulfone groups is 1.